The lowest BCUT2D eigenvalue weighted by molar-refractivity contribution is 0.0528. The number of phenols is 1. The number of aromatic nitrogens is 1. The molecule has 2 aromatic heterocycles. The molecule has 0 saturated carbocycles. The first-order valence-corrected chi connectivity index (χ1v) is 10.1. The Hall–Kier alpha value is -3.31. The second kappa shape index (κ2) is 7.84. The molecule has 0 bridgehead atoms. The highest BCUT2D eigenvalue weighted by molar-refractivity contribution is 6.31. The molecule has 0 radical (unpaired) electrons. The van der Waals surface area contributed by atoms with Crippen molar-refractivity contribution >= 4 is 39.8 Å². The first kappa shape index (κ1) is 20.0. The lowest BCUT2D eigenvalue weighted by Crippen LogP contribution is -2.11. The molecule has 6 heteroatoms. The maximum Gasteiger partial charge on any atom is 0.340 e. The Kier molecular flexibility index (Phi) is 5.22. The van der Waals surface area contributed by atoms with Gasteiger partial charge in [0.1, 0.15) is 5.75 Å². The standard InChI is InChI=1S/C24H20ClNO4/c1-3-16-17-7-5-6-8-20(17)26-13-14(11-19(22(16)26)24(29)30-4-2)23(28)18-12-15(25)9-10-21(18)27/h5-13,27H,3-4H2,1-2H3. The molecule has 30 heavy (non-hydrogen) atoms. The molecule has 0 amide bonds. The number of esters is 1. The zero-order valence-corrected chi connectivity index (χ0v) is 17.4. The molecule has 5 nitrogen and oxygen atoms in total. The number of hydrogen-bond donors (Lipinski definition) is 1. The highest BCUT2D eigenvalue weighted by Crippen LogP contribution is 2.32. The van der Waals surface area contributed by atoms with Gasteiger partial charge in [0.15, 0.2) is 5.78 Å². The van der Waals surface area contributed by atoms with Gasteiger partial charge in [0.25, 0.3) is 0 Å². The van der Waals surface area contributed by atoms with E-state index in [0.29, 0.717) is 17.0 Å². The van der Waals surface area contributed by atoms with Crippen LogP contribution in [-0.2, 0) is 11.2 Å². The van der Waals surface area contributed by atoms with E-state index in [2.05, 4.69) is 0 Å². The Morgan fingerprint density at radius 3 is 2.57 bits per heavy atom. The lowest BCUT2D eigenvalue weighted by Gasteiger charge is -2.11. The highest BCUT2D eigenvalue weighted by Gasteiger charge is 2.23. The van der Waals surface area contributed by atoms with Crippen LogP contribution in [-0.4, -0.2) is 27.9 Å². The van der Waals surface area contributed by atoms with E-state index in [9.17, 15) is 14.7 Å². The summed E-state index contributed by atoms with van der Waals surface area (Å²) in [5.41, 5.74) is 3.27. The zero-order valence-electron chi connectivity index (χ0n) is 16.6. The van der Waals surface area contributed by atoms with E-state index in [1.54, 1.807) is 13.1 Å². The van der Waals surface area contributed by atoms with E-state index < -0.39 is 11.8 Å². The predicted molar refractivity (Wildman–Crippen MR) is 117 cm³/mol. The molecule has 0 unspecified atom stereocenters. The van der Waals surface area contributed by atoms with Crippen molar-refractivity contribution in [1.82, 2.24) is 4.40 Å². The number of para-hydroxylation sites is 1. The fourth-order valence-electron chi connectivity index (χ4n) is 3.85. The van der Waals surface area contributed by atoms with E-state index in [-0.39, 0.29) is 23.5 Å². The smallest absolute Gasteiger partial charge is 0.340 e. The molecular formula is C24H20ClNO4. The normalized spacial score (nSPS) is 11.2. The summed E-state index contributed by atoms with van der Waals surface area (Å²) < 4.78 is 7.14. The Balaban J connectivity index is 2.05. The molecule has 1 N–H and O–H groups in total. The molecule has 4 rings (SSSR count). The number of ketones is 1. The summed E-state index contributed by atoms with van der Waals surface area (Å²) in [6.45, 7) is 3.99. The van der Waals surface area contributed by atoms with Gasteiger partial charge in [-0.2, -0.15) is 0 Å². The Bertz CT molecular complexity index is 1310. The van der Waals surface area contributed by atoms with Crippen molar-refractivity contribution < 1.29 is 19.4 Å². The van der Waals surface area contributed by atoms with Gasteiger partial charge in [0.2, 0.25) is 0 Å². The van der Waals surface area contributed by atoms with Gasteiger partial charge in [-0.25, -0.2) is 4.79 Å². The van der Waals surface area contributed by atoms with E-state index in [1.165, 1.54) is 24.3 Å². The minimum atomic E-state index is -0.495. The molecule has 0 atom stereocenters. The van der Waals surface area contributed by atoms with Crippen LogP contribution in [0.5, 0.6) is 5.75 Å². The monoisotopic (exact) mass is 421 g/mol. The van der Waals surface area contributed by atoms with Crippen LogP contribution >= 0.6 is 11.6 Å². The quantitative estimate of drug-likeness (QED) is 0.345. The van der Waals surface area contributed by atoms with Crippen molar-refractivity contribution in [3.05, 3.63) is 82.0 Å². The number of ether oxygens (including phenoxy) is 1. The van der Waals surface area contributed by atoms with E-state index in [0.717, 1.165) is 22.0 Å². The fraction of sp³-hybridized carbons (Fsp3) is 0.167. The summed E-state index contributed by atoms with van der Waals surface area (Å²) in [6.07, 6.45) is 2.41. The van der Waals surface area contributed by atoms with Crippen LogP contribution in [0.2, 0.25) is 5.02 Å². The molecule has 152 valence electrons. The van der Waals surface area contributed by atoms with Crippen molar-refractivity contribution in [2.24, 2.45) is 0 Å². The van der Waals surface area contributed by atoms with E-state index in [4.69, 9.17) is 16.3 Å². The molecule has 0 aliphatic heterocycles. The van der Waals surface area contributed by atoms with Crippen molar-refractivity contribution in [3.63, 3.8) is 0 Å². The Morgan fingerprint density at radius 2 is 1.83 bits per heavy atom. The number of carbonyl (C=O) groups is 2. The average Bonchev–Trinajstić information content (AvgIpc) is 3.08. The Labute approximate surface area is 178 Å². The number of benzene rings is 2. The predicted octanol–water partition coefficient (Wildman–Crippen LogP) is 5.42. The number of pyridine rings is 1. The summed E-state index contributed by atoms with van der Waals surface area (Å²) in [4.78, 5) is 26.0. The number of carbonyl (C=O) groups excluding carboxylic acids is 2. The number of hydrogen-bond acceptors (Lipinski definition) is 4. The summed E-state index contributed by atoms with van der Waals surface area (Å²) in [7, 11) is 0. The lowest BCUT2D eigenvalue weighted by atomic mass is 10.0. The van der Waals surface area contributed by atoms with Crippen LogP contribution in [0, 0.1) is 0 Å². The summed E-state index contributed by atoms with van der Waals surface area (Å²) in [5.74, 6) is -1.10. The molecule has 0 aliphatic carbocycles. The third-order valence-corrected chi connectivity index (χ3v) is 5.39. The molecular weight excluding hydrogens is 402 g/mol. The maximum absolute atomic E-state index is 13.2. The molecule has 0 saturated heterocycles. The topological polar surface area (TPSA) is 68.0 Å². The van der Waals surface area contributed by atoms with E-state index >= 15 is 0 Å². The number of aromatic hydroxyl groups is 1. The third kappa shape index (κ3) is 3.21. The number of phenolic OH excluding ortho intramolecular Hbond substituents is 1. The zero-order chi connectivity index (χ0) is 21.4. The van der Waals surface area contributed by atoms with Gasteiger partial charge in [0.05, 0.1) is 28.8 Å². The molecule has 4 aromatic rings. The van der Waals surface area contributed by atoms with Crippen molar-refractivity contribution in [2.45, 2.75) is 20.3 Å². The van der Waals surface area contributed by atoms with Crippen LogP contribution in [0.15, 0.2) is 54.7 Å². The maximum atomic E-state index is 13.2. The fourth-order valence-corrected chi connectivity index (χ4v) is 4.02. The number of fused-ring (bicyclic) bond motifs is 3. The second-order valence-electron chi connectivity index (χ2n) is 6.92. The number of halogens is 1. The number of aryl methyl sites for hydroxylation is 1. The second-order valence-corrected chi connectivity index (χ2v) is 7.36. The Morgan fingerprint density at radius 1 is 1.07 bits per heavy atom. The van der Waals surface area contributed by atoms with Gasteiger partial charge in [-0.1, -0.05) is 36.7 Å². The largest absolute Gasteiger partial charge is 0.507 e. The van der Waals surface area contributed by atoms with E-state index in [1.807, 2.05) is 35.6 Å². The van der Waals surface area contributed by atoms with Crippen molar-refractivity contribution in [1.29, 1.82) is 0 Å². The van der Waals surface area contributed by atoms with Crippen LogP contribution in [0.3, 0.4) is 0 Å². The van der Waals surface area contributed by atoms with Crippen LogP contribution < -0.4 is 0 Å². The third-order valence-electron chi connectivity index (χ3n) is 5.15. The van der Waals surface area contributed by atoms with Crippen LogP contribution in [0.1, 0.15) is 45.7 Å². The minimum Gasteiger partial charge on any atom is -0.507 e. The molecule has 2 aromatic carbocycles. The van der Waals surface area contributed by atoms with Gasteiger partial charge < -0.3 is 14.2 Å². The first-order valence-electron chi connectivity index (χ1n) is 9.72. The van der Waals surface area contributed by atoms with Gasteiger partial charge in [0, 0.05) is 22.2 Å². The number of rotatable bonds is 5. The molecule has 0 fully saturated rings. The van der Waals surface area contributed by atoms with Gasteiger partial charge in [-0.3, -0.25) is 4.79 Å². The summed E-state index contributed by atoms with van der Waals surface area (Å²) in [6, 6.07) is 13.6. The van der Waals surface area contributed by atoms with Crippen LogP contribution in [0.25, 0.3) is 16.4 Å². The first-order chi connectivity index (χ1) is 14.5. The summed E-state index contributed by atoms with van der Waals surface area (Å²) in [5, 5.41) is 11.5. The molecule has 2 heterocycles. The SMILES string of the molecule is CCOC(=O)c1cc(C(=O)c2cc(Cl)ccc2O)cn2c1c(CC)c1ccccc12. The van der Waals surface area contributed by atoms with Gasteiger partial charge in [-0.05, 0) is 49.2 Å². The molecule has 0 aliphatic rings. The van der Waals surface area contributed by atoms with Crippen molar-refractivity contribution in [2.75, 3.05) is 6.61 Å². The van der Waals surface area contributed by atoms with Crippen LogP contribution in [0.4, 0.5) is 0 Å². The highest BCUT2D eigenvalue weighted by atomic mass is 35.5. The van der Waals surface area contributed by atoms with Crippen molar-refractivity contribution in [3.8, 4) is 5.75 Å². The molecule has 0 spiro atoms. The summed E-state index contributed by atoms with van der Waals surface area (Å²) >= 11 is 6.02. The number of nitrogens with zero attached hydrogens (tertiary/aromatic N) is 1. The minimum absolute atomic E-state index is 0.0730. The van der Waals surface area contributed by atoms with Gasteiger partial charge in [-0.15, -0.1) is 0 Å². The average molecular weight is 422 g/mol. The van der Waals surface area contributed by atoms with Gasteiger partial charge >= 0.3 is 5.97 Å².